The van der Waals surface area contributed by atoms with Crippen LogP contribution in [0.1, 0.15) is 81.8 Å². The maximum atomic E-state index is 13.8. The highest BCUT2D eigenvalue weighted by Crippen LogP contribution is 2.39. The molecule has 1 amide bonds. The molecule has 1 aromatic carbocycles. The number of carboxylic acids is 1. The highest BCUT2D eigenvalue weighted by Gasteiger charge is 2.33. The smallest absolute Gasteiger partial charge is 0.348 e. The number of anilines is 1. The number of aromatic carboxylic acids is 1. The molecule has 0 aliphatic heterocycles. The van der Waals surface area contributed by atoms with Crippen molar-refractivity contribution in [1.82, 2.24) is 0 Å². The highest BCUT2D eigenvalue weighted by molar-refractivity contribution is 7.18. The van der Waals surface area contributed by atoms with Crippen molar-refractivity contribution >= 4 is 28.9 Å². The lowest BCUT2D eigenvalue weighted by Crippen LogP contribution is -2.41. The summed E-state index contributed by atoms with van der Waals surface area (Å²) in [6.07, 6.45) is 8.19. The van der Waals surface area contributed by atoms with E-state index in [1.54, 1.807) is 0 Å². The minimum absolute atomic E-state index is 0.00294. The Hall–Kier alpha value is -2.14. The van der Waals surface area contributed by atoms with Crippen molar-refractivity contribution in [2.75, 3.05) is 11.4 Å². The standard InChI is InChI=1S/C27H37NO3S/c1-4-9-20(10-5-2)18-28(26(29)22-15-13-19(3)14-16-22)23-17-24(32-25(23)27(30)31)21-11-7-6-8-12-21/h6-8,11-12,17,19-20,22H,4-5,9-10,13-16,18H2,1-3H3,(H,30,31). The normalized spacial score (nSPS) is 18.6. The quantitative estimate of drug-likeness (QED) is 0.404. The molecule has 5 heteroatoms. The summed E-state index contributed by atoms with van der Waals surface area (Å²) in [5.41, 5.74) is 1.57. The van der Waals surface area contributed by atoms with Gasteiger partial charge in [-0.3, -0.25) is 4.79 Å². The number of benzene rings is 1. The molecule has 1 aromatic heterocycles. The van der Waals surface area contributed by atoms with Gasteiger partial charge in [-0.05, 0) is 62.0 Å². The first-order valence-corrected chi connectivity index (χ1v) is 13.0. The third-order valence-corrected chi connectivity index (χ3v) is 7.88. The highest BCUT2D eigenvalue weighted by atomic mass is 32.1. The molecule has 2 aromatic rings. The third kappa shape index (κ3) is 6.00. The van der Waals surface area contributed by atoms with E-state index in [-0.39, 0.29) is 16.7 Å². The molecule has 1 aliphatic rings. The van der Waals surface area contributed by atoms with Gasteiger partial charge in [0.15, 0.2) is 0 Å². The SMILES string of the molecule is CCCC(CCC)CN(C(=O)C1CCC(C)CC1)c1cc(-c2ccccc2)sc1C(=O)O. The molecular weight excluding hydrogens is 418 g/mol. The molecule has 3 rings (SSSR count). The van der Waals surface area contributed by atoms with Crippen LogP contribution in [0.4, 0.5) is 5.69 Å². The molecule has 1 heterocycles. The summed E-state index contributed by atoms with van der Waals surface area (Å²) in [5.74, 6) is 0.217. The molecule has 0 bridgehead atoms. The fourth-order valence-electron chi connectivity index (χ4n) is 4.92. The Balaban J connectivity index is 2.00. The number of thiophene rings is 1. The minimum Gasteiger partial charge on any atom is -0.477 e. The van der Waals surface area contributed by atoms with Gasteiger partial charge in [0, 0.05) is 17.3 Å². The lowest BCUT2D eigenvalue weighted by molar-refractivity contribution is -0.123. The van der Waals surface area contributed by atoms with E-state index in [9.17, 15) is 14.7 Å². The second-order valence-electron chi connectivity index (χ2n) is 9.35. The average Bonchev–Trinajstić information content (AvgIpc) is 3.24. The first-order chi connectivity index (χ1) is 15.4. The van der Waals surface area contributed by atoms with Crippen molar-refractivity contribution in [2.24, 2.45) is 17.8 Å². The number of amides is 1. The van der Waals surface area contributed by atoms with Gasteiger partial charge < -0.3 is 10.0 Å². The summed E-state index contributed by atoms with van der Waals surface area (Å²) in [6, 6.07) is 11.8. The lowest BCUT2D eigenvalue weighted by atomic mass is 9.82. The van der Waals surface area contributed by atoms with Crippen LogP contribution in [-0.2, 0) is 4.79 Å². The van der Waals surface area contributed by atoms with Crippen LogP contribution in [0.15, 0.2) is 36.4 Å². The number of nitrogens with zero attached hydrogens (tertiary/aromatic N) is 1. The van der Waals surface area contributed by atoms with Crippen molar-refractivity contribution in [3.8, 4) is 10.4 Å². The van der Waals surface area contributed by atoms with E-state index in [1.165, 1.54) is 11.3 Å². The topological polar surface area (TPSA) is 57.6 Å². The molecule has 0 radical (unpaired) electrons. The molecule has 1 aliphatic carbocycles. The molecule has 0 atom stereocenters. The zero-order valence-corrected chi connectivity index (χ0v) is 20.5. The number of hydrogen-bond acceptors (Lipinski definition) is 3. The van der Waals surface area contributed by atoms with E-state index in [1.807, 2.05) is 41.3 Å². The summed E-state index contributed by atoms with van der Waals surface area (Å²) in [4.78, 5) is 29.1. The maximum Gasteiger partial charge on any atom is 0.348 e. The van der Waals surface area contributed by atoms with Crippen LogP contribution in [0.25, 0.3) is 10.4 Å². The second-order valence-corrected chi connectivity index (χ2v) is 10.4. The molecule has 0 spiro atoms. The van der Waals surface area contributed by atoms with Crippen LogP contribution in [0, 0.1) is 17.8 Å². The van der Waals surface area contributed by atoms with Gasteiger partial charge in [-0.1, -0.05) is 63.9 Å². The first kappa shape index (κ1) is 24.5. The number of carbonyl (C=O) groups is 2. The fourth-order valence-corrected chi connectivity index (χ4v) is 5.92. The van der Waals surface area contributed by atoms with Gasteiger partial charge in [0.1, 0.15) is 4.88 Å². The Morgan fingerprint density at radius 3 is 2.25 bits per heavy atom. The molecule has 1 N–H and O–H groups in total. The van der Waals surface area contributed by atoms with Crippen LogP contribution in [0.3, 0.4) is 0 Å². The Morgan fingerprint density at radius 2 is 1.69 bits per heavy atom. The Kier molecular flexibility index (Phi) is 8.92. The van der Waals surface area contributed by atoms with Crippen LogP contribution in [0.2, 0.25) is 0 Å². The van der Waals surface area contributed by atoms with Gasteiger partial charge in [0.25, 0.3) is 0 Å². The van der Waals surface area contributed by atoms with E-state index in [0.29, 0.717) is 24.1 Å². The summed E-state index contributed by atoms with van der Waals surface area (Å²) in [7, 11) is 0. The molecular formula is C27H37NO3S. The minimum atomic E-state index is -0.954. The molecule has 1 fully saturated rings. The predicted octanol–water partition coefficient (Wildman–Crippen LogP) is 7.49. The molecule has 1 saturated carbocycles. The van der Waals surface area contributed by atoms with Crippen LogP contribution in [0.5, 0.6) is 0 Å². The molecule has 174 valence electrons. The van der Waals surface area contributed by atoms with Gasteiger partial charge in [-0.15, -0.1) is 11.3 Å². The zero-order valence-electron chi connectivity index (χ0n) is 19.7. The van der Waals surface area contributed by atoms with Crippen LogP contribution >= 0.6 is 11.3 Å². The average molecular weight is 456 g/mol. The summed E-state index contributed by atoms with van der Waals surface area (Å²) in [5, 5.41) is 10.0. The Labute approximate surface area is 196 Å². The van der Waals surface area contributed by atoms with Gasteiger partial charge in [-0.2, -0.15) is 0 Å². The largest absolute Gasteiger partial charge is 0.477 e. The van der Waals surface area contributed by atoms with E-state index < -0.39 is 5.97 Å². The Morgan fingerprint density at radius 1 is 1.06 bits per heavy atom. The molecule has 0 unspecified atom stereocenters. The van der Waals surface area contributed by atoms with Gasteiger partial charge in [0.2, 0.25) is 5.91 Å². The second kappa shape index (κ2) is 11.6. The van der Waals surface area contributed by atoms with Crippen molar-refractivity contribution in [2.45, 2.75) is 72.1 Å². The lowest BCUT2D eigenvalue weighted by Gasteiger charge is -2.33. The maximum absolute atomic E-state index is 13.8. The van der Waals surface area contributed by atoms with E-state index >= 15 is 0 Å². The molecule has 4 nitrogen and oxygen atoms in total. The summed E-state index contributed by atoms with van der Waals surface area (Å²) >= 11 is 1.27. The van der Waals surface area contributed by atoms with E-state index in [0.717, 1.165) is 61.8 Å². The van der Waals surface area contributed by atoms with Crippen molar-refractivity contribution in [3.63, 3.8) is 0 Å². The van der Waals surface area contributed by atoms with Crippen molar-refractivity contribution < 1.29 is 14.7 Å². The summed E-state index contributed by atoms with van der Waals surface area (Å²) in [6.45, 7) is 7.22. The zero-order chi connectivity index (χ0) is 23.1. The predicted molar refractivity (Wildman–Crippen MR) is 133 cm³/mol. The van der Waals surface area contributed by atoms with Crippen molar-refractivity contribution in [3.05, 3.63) is 41.3 Å². The fraction of sp³-hybridized carbons (Fsp3) is 0.556. The molecule has 32 heavy (non-hydrogen) atoms. The number of carbonyl (C=O) groups excluding carboxylic acids is 1. The van der Waals surface area contributed by atoms with E-state index in [4.69, 9.17) is 0 Å². The third-order valence-electron chi connectivity index (χ3n) is 6.72. The number of rotatable bonds is 10. The van der Waals surface area contributed by atoms with Crippen molar-refractivity contribution in [1.29, 1.82) is 0 Å². The van der Waals surface area contributed by atoms with Gasteiger partial charge >= 0.3 is 5.97 Å². The summed E-state index contributed by atoms with van der Waals surface area (Å²) < 4.78 is 0. The number of hydrogen-bond donors (Lipinski definition) is 1. The van der Waals surface area contributed by atoms with Gasteiger partial charge in [0.05, 0.1) is 5.69 Å². The van der Waals surface area contributed by atoms with Gasteiger partial charge in [-0.25, -0.2) is 4.79 Å². The van der Waals surface area contributed by atoms with E-state index in [2.05, 4.69) is 20.8 Å². The number of carboxylic acid groups (broad SMARTS) is 1. The first-order valence-electron chi connectivity index (χ1n) is 12.2. The Bertz CT molecular complexity index is 878. The molecule has 0 saturated heterocycles. The monoisotopic (exact) mass is 455 g/mol. The van der Waals surface area contributed by atoms with Crippen LogP contribution < -0.4 is 4.90 Å². The van der Waals surface area contributed by atoms with Crippen LogP contribution in [-0.4, -0.2) is 23.5 Å².